The number of halogens is 2. The van der Waals surface area contributed by atoms with E-state index in [0.717, 1.165) is 63.4 Å². The van der Waals surface area contributed by atoms with E-state index in [9.17, 15) is 13.6 Å². The topological polar surface area (TPSA) is 46.3 Å². The Balaban J connectivity index is 1.50. The number of nitrogens with two attached hydrogens (primary N) is 1. The van der Waals surface area contributed by atoms with Crippen molar-refractivity contribution in [1.82, 2.24) is 4.90 Å². The van der Waals surface area contributed by atoms with Crippen molar-refractivity contribution in [3.05, 3.63) is 41.5 Å². The first-order chi connectivity index (χ1) is 12.0. The van der Waals surface area contributed by atoms with Crippen LogP contribution in [0, 0.1) is 23.5 Å². The van der Waals surface area contributed by atoms with Crippen LogP contribution in [0.1, 0.15) is 44.1 Å². The Hall–Kier alpha value is -1.75. The Bertz CT molecular complexity index is 659. The summed E-state index contributed by atoms with van der Waals surface area (Å²) in [7, 11) is 0. The maximum atomic E-state index is 13.9. The molecule has 0 bridgehead atoms. The van der Waals surface area contributed by atoms with Gasteiger partial charge in [-0.3, -0.25) is 9.69 Å². The van der Waals surface area contributed by atoms with Crippen LogP contribution in [0.25, 0.3) is 5.57 Å². The second-order valence-corrected chi connectivity index (χ2v) is 7.32. The Morgan fingerprint density at radius 1 is 1.28 bits per heavy atom. The van der Waals surface area contributed by atoms with Crippen LogP contribution >= 0.6 is 0 Å². The van der Waals surface area contributed by atoms with E-state index in [4.69, 9.17) is 5.73 Å². The molecular weight excluding hydrogens is 322 g/mol. The fourth-order valence-corrected chi connectivity index (χ4v) is 4.09. The van der Waals surface area contributed by atoms with Crippen molar-refractivity contribution in [2.75, 3.05) is 19.6 Å². The summed E-state index contributed by atoms with van der Waals surface area (Å²) >= 11 is 0. The standard InChI is InChI=1S/C20H26F2N2O/c21-17-4-5-18(19(22)13-17)15-7-10-24(11-8-15)9-6-14-2-1-3-16(12-14)20(23)25/h4-5,7,13-14,16H,1-3,6,8-12H2,(H2,23,25). The summed E-state index contributed by atoms with van der Waals surface area (Å²) in [6.45, 7) is 2.67. The van der Waals surface area contributed by atoms with Crippen LogP contribution in [-0.4, -0.2) is 30.4 Å². The number of hydrogen-bond acceptors (Lipinski definition) is 2. The molecule has 0 aromatic heterocycles. The van der Waals surface area contributed by atoms with Gasteiger partial charge in [0.25, 0.3) is 0 Å². The van der Waals surface area contributed by atoms with Crippen molar-refractivity contribution in [3.63, 3.8) is 0 Å². The number of nitrogens with zero attached hydrogens (tertiary/aromatic N) is 1. The molecule has 1 aromatic carbocycles. The van der Waals surface area contributed by atoms with Gasteiger partial charge in [-0.2, -0.15) is 0 Å². The quantitative estimate of drug-likeness (QED) is 0.881. The number of amides is 1. The molecule has 3 rings (SSSR count). The van der Waals surface area contributed by atoms with E-state index in [-0.39, 0.29) is 11.8 Å². The van der Waals surface area contributed by atoms with E-state index in [1.165, 1.54) is 18.6 Å². The van der Waals surface area contributed by atoms with Gasteiger partial charge in [0.05, 0.1) is 0 Å². The summed E-state index contributed by atoms with van der Waals surface area (Å²) in [5, 5.41) is 0. The van der Waals surface area contributed by atoms with Crippen LogP contribution in [0.2, 0.25) is 0 Å². The lowest BCUT2D eigenvalue weighted by Gasteiger charge is -2.31. The molecule has 0 saturated heterocycles. The highest BCUT2D eigenvalue weighted by molar-refractivity contribution is 5.76. The van der Waals surface area contributed by atoms with Crippen LogP contribution in [0.4, 0.5) is 8.78 Å². The summed E-state index contributed by atoms with van der Waals surface area (Å²) in [6.07, 6.45) is 8.03. The Labute approximate surface area is 147 Å². The lowest BCUT2D eigenvalue weighted by atomic mass is 9.79. The number of rotatable bonds is 5. The van der Waals surface area contributed by atoms with Gasteiger partial charge in [0, 0.05) is 30.6 Å². The SMILES string of the molecule is NC(=O)C1CCCC(CCN2CC=C(c3ccc(F)cc3F)CC2)C1. The monoisotopic (exact) mass is 348 g/mol. The number of benzene rings is 1. The molecule has 1 aliphatic heterocycles. The molecule has 5 heteroatoms. The van der Waals surface area contributed by atoms with Gasteiger partial charge in [-0.1, -0.05) is 18.9 Å². The van der Waals surface area contributed by atoms with Crippen LogP contribution in [0.3, 0.4) is 0 Å². The van der Waals surface area contributed by atoms with Crippen molar-refractivity contribution in [1.29, 1.82) is 0 Å². The minimum Gasteiger partial charge on any atom is -0.369 e. The van der Waals surface area contributed by atoms with E-state index in [0.29, 0.717) is 11.5 Å². The Morgan fingerprint density at radius 2 is 2.12 bits per heavy atom. The van der Waals surface area contributed by atoms with Gasteiger partial charge in [0.15, 0.2) is 0 Å². The molecule has 1 heterocycles. The van der Waals surface area contributed by atoms with Gasteiger partial charge < -0.3 is 5.73 Å². The fraction of sp³-hybridized carbons (Fsp3) is 0.550. The zero-order chi connectivity index (χ0) is 17.8. The largest absolute Gasteiger partial charge is 0.369 e. The maximum Gasteiger partial charge on any atom is 0.220 e. The third-order valence-electron chi connectivity index (χ3n) is 5.61. The molecule has 2 aliphatic rings. The van der Waals surface area contributed by atoms with Gasteiger partial charge in [0.1, 0.15) is 11.6 Å². The Kier molecular flexibility index (Phi) is 5.84. The van der Waals surface area contributed by atoms with E-state index in [2.05, 4.69) is 4.90 Å². The van der Waals surface area contributed by atoms with E-state index < -0.39 is 11.6 Å². The predicted molar refractivity (Wildman–Crippen MR) is 94.7 cm³/mol. The molecule has 136 valence electrons. The van der Waals surface area contributed by atoms with Gasteiger partial charge in [-0.05, 0) is 55.9 Å². The highest BCUT2D eigenvalue weighted by atomic mass is 19.1. The number of carbonyl (C=O) groups is 1. The lowest BCUT2D eigenvalue weighted by Crippen LogP contribution is -2.33. The summed E-state index contributed by atoms with van der Waals surface area (Å²) in [5.41, 5.74) is 6.92. The number of hydrogen-bond donors (Lipinski definition) is 1. The van der Waals surface area contributed by atoms with Crippen molar-refractivity contribution >= 4 is 11.5 Å². The Morgan fingerprint density at radius 3 is 2.80 bits per heavy atom. The summed E-state index contributed by atoms with van der Waals surface area (Å²) in [5.74, 6) is -0.559. The van der Waals surface area contributed by atoms with Crippen molar-refractivity contribution in [3.8, 4) is 0 Å². The molecule has 3 nitrogen and oxygen atoms in total. The molecule has 1 aromatic rings. The van der Waals surface area contributed by atoms with Gasteiger partial charge in [-0.15, -0.1) is 0 Å². The molecule has 1 aliphatic carbocycles. The second kappa shape index (κ2) is 8.09. The molecular formula is C20H26F2N2O. The highest BCUT2D eigenvalue weighted by Crippen LogP contribution is 2.32. The van der Waals surface area contributed by atoms with E-state index >= 15 is 0 Å². The zero-order valence-corrected chi connectivity index (χ0v) is 14.5. The van der Waals surface area contributed by atoms with Gasteiger partial charge in [0.2, 0.25) is 5.91 Å². The van der Waals surface area contributed by atoms with E-state index in [1.807, 2.05) is 6.08 Å². The summed E-state index contributed by atoms with van der Waals surface area (Å²) in [6, 6.07) is 3.78. The predicted octanol–water partition coefficient (Wildman–Crippen LogP) is 3.74. The molecule has 1 fully saturated rings. The second-order valence-electron chi connectivity index (χ2n) is 7.32. The van der Waals surface area contributed by atoms with Crippen LogP contribution in [0.15, 0.2) is 24.3 Å². The first-order valence-electron chi connectivity index (χ1n) is 9.19. The first-order valence-corrected chi connectivity index (χ1v) is 9.19. The molecule has 25 heavy (non-hydrogen) atoms. The minimum atomic E-state index is -0.541. The zero-order valence-electron chi connectivity index (χ0n) is 14.5. The van der Waals surface area contributed by atoms with Gasteiger partial charge >= 0.3 is 0 Å². The molecule has 0 radical (unpaired) electrons. The van der Waals surface area contributed by atoms with Crippen LogP contribution < -0.4 is 5.73 Å². The highest BCUT2D eigenvalue weighted by Gasteiger charge is 2.26. The summed E-state index contributed by atoms with van der Waals surface area (Å²) < 4.78 is 26.9. The van der Waals surface area contributed by atoms with Crippen LogP contribution in [0.5, 0.6) is 0 Å². The van der Waals surface area contributed by atoms with Crippen molar-refractivity contribution in [2.24, 2.45) is 17.6 Å². The fourth-order valence-electron chi connectivity index (χ4n) is 4.09. The third kappa shape index (κ3) is 4.66. The van der Waals surface area contributed by atoms with Crippen molar-refractivity contribution < 1.29 is 13.6 Å². The molecule has 0 spiro atoms. The van der Waals surface area contributed by atoms with Crippen LogP contribution in [-0.2, 0) is 4.79 Å². The number of carbonyl (C=O) groups excluding carboxylic acids is 1. The third-order valence-corrected chi connectivity index (χ3v) is 5.61. The number of primary amides is 1. The molecule has 2 N–H and O–H groups in total. The summed E-state index contributed by atoms with van der Waals surface area (Å²) in [4.78, 5) is 13.7. The average Bonchev–Trinajstić information content (AvgIpc) is 2.61. The molecule has 1 saturated carbocycles. The minimum absolute atomic E-state index is 0.0491. The lowest BCUT2D eigenvalue weighted by molar-refractivity contribution is -0.123. The first kappa shape index (κ1) is 18.1. The van der Waals surface area contributed by atoms with Gasteiger partial charge in [-0.25, -0.2) is 8.78 Å². The molecule has 2 atom stereocenters. The average molecular weight is 348 g/mol. The van der Waals surface area contributed by atoms with E-state index in [1.54, 1.807) is 0 Å². The molecule has 2 unspecified atom stereocenters. The normalized spacial score (nSPS) is 24.8. The maximum absolute atomic E-state index is 13.9. The van der Waals surface area contributed by atoms with Crippen molar-refractivity contribution in [2.45, 2.75) is 38.5 Å². The smallest absolute Gasteiger partial charge is 0.220 e. The molecule has 1 amide bonds.